The van der Waals surface area contributed by atoms with Crippen molar-refractivity contribution in [1.29, 1.82) is 0 Å². The van der Waals surface area contributed by atoms with Gasteiger partial charge in [-0.2, -0.15) is 5.10 Å². The Morgan fingerprint density at radius 3 is 2.68 bits per heavy atom. The molecule has 0 aliphatic carbocycles. The van der Waals surface area contributed by atoms with Crippen molar-refractivity contribution < 1.29 is 18.7 Å². The largest absolute Gasteiger partial charge is 0.464 e. The second kappa shape index (κ2) is 6.91. The van der Waals surface area contributed by atoms with Crippen LogP contribution in [-0.2, 0) is 17.7 Å². The van der Waals surface area contributed by atoms with Gasteiger partial charge in [0.1, 0.15) is 17.3 Å². The second-order valence-electron chi connectivity index (χ2n) is 6.56. The van der Waals surface area contributed by atoms with Crippen molar-refractivity contribution in [3.8, 4) is 11.4 Å². The maximum absolute atomic E-state index is 13.1. The number of rotatable bonds is 3. The summed E-state index contributed by atoms with van der Waals surface area (Å²) in [5, 5.41) is 6.85. The third-order valence-corrected chi connectivity index (χ3v) is 4.80. The number of H-pyrrole nitrogens is 2. The third-order valence-electron chi connectivity index (χ3n) is 4.80. The maximum atomic E-state index is 13.1. The number of halogens is 1. The van der Waals surface area contributed by atoms with E-state index in [1.165, 1.54) is 19.2 Å². The topological polar surface area (TPSA) is 104 Å². The van der Waals surface area contributed by atoms with E-state index in [9.17, 15) is 14.0 Å². The number of esters is 1. The fourth-order valence-electron chi connectivity index (χ4n) is 3.30. The summed E-state index contributed by atoms with van der Waals surface area (Å²) in [7, 11) is 1.29. The number of aromatic amines is 2. The number of amides is 1. The lowest BCUT2D eigenvalue weighted by atomic mass is 10.0. The first-order valence-corrected chi connectivity index (χ1v) is 8.74. The highest BCUT2D eigenvalue weighted by molar-refractivity contribution is 5.95. The summed E-state index contributed by atoms with van der Waals surface area (Å²) in [5.74, 6) is -0.628. The zero-order valence-corrected chi connectivity index (χ0v) is 15.4. The Morgan fingerprint density at radius 2 is 1.96 bits per heavy atom. The van der Waals surface area contributed by atoms with Crippen LogP contribution in [0.1, 0.15) is 37.9 Å². The van der Waals surface area contributed by atoms with E-state index in [1.807, 2.05) is 0 Å². The Hall–Kier alpha value is -3.49. The number of ether oxygens (including phenoxy) is 1. The van der Waals surface area contributed by atoms with Crippen LogP contribution in [0.15, 0.2) is 24.3 Å². The summed E-state index contributed by atoms with van der Waals surface area (Å²) in [4.78, 5) is 34.0. The molecule has 9 heteroatoms. The summed E-state index contributed by atoms with van der Waals surface area (Å²) in [6.07, 6.45) is 0.555. The van der Waals surface area contributed by atoms with Crippen molar-refractivity contribution in [2.24, 2.45) is 0 Å². The minimum atomic E-state index is -0.540. The quantitative estimate of drug-likeness (QED) is 0.675. The molecule has 0 spiro atoms. The number of nitrogens with zero attached hydrogens (tertiary/aromatic N) is 3. The van der Waals surface area contributed by atoms with Gasteiger partial charge in [0.2, 0.25) is 0 Å². The first-order chi connectivity index (χ1) is 13.5. The molecule has 8 nitrogen and oxygen atoms in total. The van der Waals surface area contributed by atoms with Crippen LogP contribution in [0.25, 0.3) is 11.4 Å². The number of imidazole rings is 1. The maximum Gasteiger partial charge on any atom is 0.358 e. The van der Waals surface area contributed by atoms with Gasteiger partial charge in [0.25, 0.3) is 5.91 Å². The van der Waals surface area contributed by atoms with Gasteiger partial charge in [0, 0.05) is 35.5 Å². The third kappa shape index (κ3) is 3.04. The van der Waals surface area contributed by atoms with E-state index in [0.29, 0.717) is 41.3 Å². The van der Waals surface area contributed by atoms with Crippen LogP contribution in [0, 0.1) is 12.7 Å². The highest BCUT2D eigenvalue weighted by atomic mass is 19.1. The summed E-state index contributed by atoms with van der Waals surface area (Å²) >= 11 is 0. The van der Waals surface area contributed by atoms with Gasteiger partial charge in [-0.05, 0) is 31.2 Å². The van der Waals surface area contributed by atoms with Crippen LogP contribution in [-0.4, -0.2) is 50.6 Å². The average Bonchev–Trinajstić information content (AvgIpc) is 3.30. The summed E-state index contributed by atoms with van der Waals surface area (Å²) in [5.41, 5.74) is 3.29. The highest BCUT2D eigenvalue weighted by Crippen LogP contribution is 2.24. The van der Waals surface area contributed by atoms with E-state index in [0.717, 1.165) is 5.69 Å². The molecule has 0 saturated heterocycles. The molecule has 3 heterocycles. The molecule has 1 amide bonds. The lowest BCUT2D eigenvalue weighted by Gasteiger charge is -2.26. The lowest BCUT2D eigenvalue weighted by Crippen LogP contribution is -2.36. The Labute approximate surface area is 159 Å². The first-order valence-electron chi connectivity index (χ1n) is 8.74. The molecule has 0 bridgehead atoms. The van der Waals surface area contributed by atoms with Gasteiger partial charge in [0.05, 0.1) is 13.7 Å². The van der Waals surface area contributed by atoms with Gasteiger partial charge in [-0.3, -0.25) is 9.89 Å². The van der Waals surface area contributed by atoms with Gasteiger partial charge in [-0.25, -0.2) is 14.2 Å². The molecule has 0 fully saturated rings. The van der Waals surface area contributed by atoms with Crippen LogP contribution < -0.4 is 0 Å². The molecule has 1 aliphatic heterocycles. The Kier molecular flexibility index (Phi) is 4.42. The number of aromatic nitrogens is 4. The van der Waals surface area contributed by atoms with Crippen molar-refractivity contribution in [1.82, 2.24) is 25.1 Å². The SMILES string of the molecule is COC(=O)c1n[nH]c2c1CN(C(=O)c1nc(-c3ccc(F)cc3)[nH]c1C)CC2. The smallest absolute Gasteiger partial charge is 0.358 e. The molecule has 28 heavy (non-hydrogen) atoms. The molecule has 1 aromatic carbocycles. The Balaban J connectivity index is 1.60. The number of benzene rings is 1. The van der Waals surface area contributed by atoms with Crippen molar-refractivity contribution in [2.45, 2.75) is 19.9 Å². The second-order valence-corrected chi connectivity index (χ2v) is 6.56. The lowest BCUT2D eigenvalue weighted by molar-refractivity contribution is 0.0586. The number of methoxy groups -OCH3 is 1. The van der Waals surface area contributed by atoms with E-state index in [1.54, 1.807) is 24.0 Å². The number of hydrogen-bond acceptors (Lipinski definition) is 5. The van der Waals surface area contributed by atoms with Gasteiger partial charge in [-0.15, -0.1) is 0 Å². The molecule has 1 aliphatic rings. The van der Waals surface area contributed by atoms with Crippen molar-refractivity contribution in [3.63, 3.8) is 0 Å². The minimum Gasteiger partial charge on any atom is -0.464 e. The van der Waals surface area contributed by atoms with Crippen LogP contribution in [0.3, 0.4) is 0 Å². The van der Waals surface area contributed by atoms with Crippen LogP contribution in [0.4, 0.5) is 4.39 Å². The molecular formula is C19H18FN5O3. The Morgan fingerprint density at radius 1 is 1.21 bits per heavy atom. The summed E-state index contributed by atoms with van der Waals surface area (Å²) in [6.45, 7) is 2.49. The fraction of sp³-hybridized carbons (Fsp3) is 0.263. The number of hydrogen-bond donors (Lipinski definition) is 2. The number of aryl methyl sites for hydroxylation is 1. The number of fused-ring (bicyclic) bond motifs is 1. The molecular weight excluding hydrogens is 365 g/mol. The van der Waals surface area contributed by atoms with E-state index in [-0.39, 0.29) is 24.0 Å². The molecule has 0 saturated carbocycles. The van der Waals surface area contributed by atoms with E-state index in [4.69, 9.17) is 4.74 Å². The standard InChI is InChI=1S/C19H18FN5O3/c1-10-15(22-17(21-10)11-3-5-12(20)6-4-11)18(26)25-8-7-14-13(9-25)16(24-23-14)19(27)28-2/h3-6H,7-9H2,1-2H3,(H,21,22)(H,23,24). The molecule has 2 N–H and O–H groups in total. The molecule has 0 atom stereocenters. The summed E-state index contributed by atoms with van der Waals surface area (Å²) < 4.78 is 17.9. The van der Waals surface area contributed by atoms with Crippen LogP contribution >= 0.6 is 0 Å². The monoisotopic (exact) mass is 383 g/mol. The molecule has 4 rings (SSSR count). The van der Waals surface area contributed by atoms with Crippen molar-refractivity contribution in [3.05, 3.63) is 58.4 Å². The van der Waals surface area contributed by atoms with Crippen LogP contribution in [0.5, 0.6) is 0 Å². The molecule has 144 valence electrons. The number of carbonyl (C=O) groups is 2. The zero-order valence-electron chi connectivity index (χ0n) is 15.4. The fourth-order valence-corrected chi connectivity index (χ4v) is 3.30. The molecule has 2 aromatic heterocycles. The molecule has 0 radical (unpaired) electrons. The summed E-state index contributed by atoms with van der Waals surface area (Å²) in [6, 6.07) is 5.88. The number of nitrogens with one attached hydrogen (secondary N) is 2. The van der Waals surface area contributed by atoms with Gasteiger partial charge in [-0.1, -0.05) is 0 Å². The van der Waals surface area contributed by atoms with E-state index < -0.39 is 5.97 Å². The van der Waals surface area contributed by atoms with Gasteiger partial charge >= 0.3 is 5.97 Å². The van der Waals surface area contributed by atoms with E-state index in [2.05, 4.69) is 20.2 Å². The van der Waals surface area contributed by atoms with Gasteiger partial charge < -0.3 is 14.6 Å². The highest BCUT2D eigenvalue weighted by Gasteiger charge is 2.30. The van der Waals surface area contributed by atoms with Crippen molar-refractivity contribution in [2.75, 3.05) is 13.7 Å². The minimum absolute atomic E-state index is 0.195. The van der Waals surface area contributed by atoms with Crippen LogP contribution in [0.2, 0.25) is 0 Å². The first kappa shape index (κ1) is 17.9. The predicted molar refractivity (Wildman–Crippen MR) is 97.1 cm³/mol. The Bertz CT molecular complexity index is 1050. The number of carbonyl (C=O) groups excluding carboxylic acids is 2. The molecule has 3 aromatic rings. The van der Waals surface area contributed by atoms with Crippen molar-refractivity contribution >= 4 is 11.9 Å². The molecule has 0 unspecified atom stereocenters. The zero-order chi connectivity index (χ0) is 19.8. The van der Waals surface area contributed by atoms with Gasteiger partial charge in [0.15, 0.2) is 5.69 Å². The average molecular weight is 383 g/mol. The van der Waals surface area contributed by atoms with E-state index >= 15 is 0 Å². The normalized spacial score (nSPS) is 13.3. The predicted octanol–water partition coefficient (Wildman–Crippen LogP) is 2.23.